The molecule has 32 heavy (non-hydrogen) atoms. The lowest BCUT2D eigenvalue weighted by Crippen LogP contribution is -2.43. The van der Waals surface area contributed by atoms with Crippen LogP contribution >= 0.6 is 7.60 Å². The van der Waals surface area contributed by atoms with Gasteiger partial charge in [0.15, 0.2) is 5.78 Å². The highest BCUT2D eigenvalue weighted by atomic mass is 31.2. The minimum Gasteiger partial charge on any atom is -0.342 e. The highest BCUT2D eigenvalue weighted by Gasteiger charge is 2.40. The maximum Gasteiger partial charge on any atom is 0.347 e. The van der Waals surface area contributed by atoms with Crippen LogP contribution in [-0.2, 0) is 20.6 Å². The summed E-state index contributed by atoms with van der Waals surface area (Å²) in [6.07, 6.45) is 0.742. The molecular weight excluding hydrogens is 431 g/mol. The van der Waals surface area contributed by atoms with Crippen molar-refractivity contribution >= 4 is 25.2 Å². The molecule has 0 radical (unpaired) electrons. The van der Waals surface area contributed by atoms with E-state index in [9.17, 15) is 28.7 Å². The first-order valence-corrected chi connectivity index (χ1v) is 12.2. The summed E-state index contributed by atoms with van der Waals surface area (Å²) >= 11 is 0. The third kappa shape index (κ3) is 6.36. The van der Waals surface area contributed by atoms with Gasteiger partial charge < -0.3 is 20.0 Å². The Morgan fingerprint density at radius 3 is 2.25 bits per heavy atom. The highest BCUT2D eigenvalue weighted by Crippen LogP contribution is 2.48. The topological polar surface area (TPSA) is 124 Å². The Balaban J connectivity index is 1.67. The number of nitrogens with zero attached hydrogens (tertiary/aromatic N) is 1. The summed E-state index contributed by atoms with van der Waals surface area (Å²) in [4.78, 5) is 58.3. The number of Topliss-reactive ketones (excluding diaryl/α,β-unsaturated/α-hetero) is 1. The molecule has 9 heteroatoms. The third-order valence-corrected chi connectivity index (χ3v) is 6.84. The van der Waals surface area contributed by atoms with Crippen molar-refractivity contribution in [1.29, 1.82) is 0 Å². The highest BCUT2D eigenvalue weighted by molar-refractivity contribution is 7.52. The van der Waals surface area contributed by atoms with Crippen molar-refractivity contribution in [2.24, 2.45) is 0 Å². The van der Waals surface area contributed by atoms with E-state index in [1.54, 1.807) is 30.3 Å². The van der Waals surface area contributed by atoms with Gasteiger partial charge in [-0.1, -0.05) is 48.5 Å². The average molecular weight is 458 g/mol. The van der Waals surface area contributed by atoms with Crippen LogP contribution in [0.1, 0.15) is 41.6 Å². The fourth-order valence-electron chi connectivity index (χ4n) is 3.86. The Hall–Kier alpha value is -2.80. The van der Waals surface area contributed by atoms with Gasteiger partial charge in [0.2, 0.25) is 5.91 Å². The molecule has 0 aromatic heterocycles. The molecule has 170 valence electrons. The molecule has 3 N–H and O–H groups in total. The maximum atomic E-state index is 13.0. The van der Waals surface area contributed by atoms with Gasteiger partial charge in [-0.2, -0.15) is 0 Å². The lowest BCUT2D eigenvalue weighted by molar-refractivity contribution is -0.133. The monoisotopic (exact) mass is 458 g/mol. The second-order valence-corrected chi connectivity index (χ2v) is 9.62. The Labute approximate surface area is 186 Å². The Bertz CT molecular complexity index is 992. The van der Waals surface area contributed by atoms with Gasteiger partial charge in [-0.15, -0.1) is 0 Å². The van der Waals surface area contributed by atoms with Crippen molar-refractivity contribution < 1.29 is 28.7 Å². The first-order valence-electron chi connectivity index (χ1n) is 10.5. The van der Waals surface area contributed by atoms with Crippen molar-refractivity contribution in [3.63, 3.8) is 0 Å². The maximum absolute atomic E-state index is 13.0. The van der Waals surface area contributed by atoms with Gasteiger partial charge in [-0.3, -0.25) is 18.9 Å². The number of likely N-dealkylation sites (tertiary alicyclic amines) is 1. The zero-order valence-corrected chi connectivity index (χ0v) is 18.5. The van der Waals surface area contributed by atoms with Crippen LogP contribution in [0.15, 0.2) is 60.7 Å². The molecule has 1 saturated heterocycles. The standard InChI is InChI=1S/C23H27N2O6P/c26-20(13-14-21(27)25-15-7-12-22(25)32(29,30)31)19(16-17-8-3-1-4-9-17)24-23(28)18-10-5-2-6-11-18/h1-6,8-11,19,22H,7,12-16H2,(H,24,28)(H2,29,30,31). The second-order valence-electron chi connectivity index (χ2n) is 7.85. The first kappa shape index (κ1) is 23.9. The van der Waals surface area contributed by atoms with Crippen molar-refractivity contribution in [2.75, 3.05) is 6.54 Å². The normalized spacial score (nSPS) is 17.1. The number of benzene rings is 2. The number of carbonyl (C=O) groups excluding carboxylic acids is 3. The van der Waals surface area contributed by atoms with Crippen LogP contribution in [-0.4, -0.2) is 50.7 Å². The predicted molar refractivity (Wildman–Crippen MR) is 119 cm³/mol. The molecule has 2 unspecified atom stereocenters. The molecule has 1 aliphatic heterocycles. The van der Waals surface area contributed by atoms with E-state index in [-0.39, 0.29) is 43.9 Å². The van der Waals surface area contributed by atoms with E-state index in [0.29, 0.717) is 12.0 Å². The van der Waals surface area contributed by atoms with Crippen molar-refractivity contribution in [2.45, 2.75) is 43.9 Å². The minimum atomic E-state index is -4.43. The molecule has 1 fully saturated rings. The molecule has 0 aliphatic carbocycles. The van der Waals surface area contributed by atoms with E-state index in [1.165, 1.54) is 4.90 Å². The number of hydrogen-bond donors (Lipinski definition) is 3. The smallest absolute Gasteiger partial charge is 0.342 e. The molecular formula is C23H27N2O6P. The van der Waals surface area contributed by atoms with E-state index in [1.807, 2.05) is 30.3 Å². The fourth-order valence-corrected chi connectivity index (χ4v) is 4.99. The first-order chi connectivity index (χ1) is 15.3. The predicted octanol–water partition coefficient (Wildman–Crippen LogP) is 2.50. The second kappa shape index (κ2) is 10.7. The zero-order chi connectivity index (χ0) is 23.1. The van der Waals surface area contributed by atoms with Crippen LogP contribution in [0.2, 0.25) is 0 Å². The molecule has 2 atom stereocenters. The largest absolute Gasteiger partial charge is 0.347 e. The molecule has 1 aliphatic rings. The summed E-state index contributed by atoms with van der Waals surface area (Å²) in [5, 5.41) is 2.77. The zero-order valence-electron chi connectivity index (χ0n) is 17.6. The third-order valence-electron chi connectivity index (χ3n) is 5.53. The SMILES string of the molecule is O=C(NC(Cc1ccccc1)C(=O)CCC(=O)N1CCCC1P(=O)(O)O)c1ccccc1. The summed E-state index contributed by atoms with van der Waals surface area (Å²) in [6.45, 7) is 0.265. The van der Waals surface area contributed by atoms with E-state index in [4.69, 9.17) is 0 Å². The van der Waals surface area contributed by atoms with Gasteiger partial charge in [0.25, 0.3) is 5.91 Å². The van der Waals surface area contributed by atoms with Gasteiger partial charge in [-0.05, 0) is 37.0 Å². The molecule has 8 nitrogen and oxygen atoms in total. The van der Waals surface area contributed by atoms with Gasteiger partial charge in [-0.25, -0.2) is 0 Å². The van der Waals surface area contributed by atoms with Crippen LogP contribution in [0.4, 0.5) is 0 Å². The van der Waals surface area contributed by atoms with Crippen LogP contribution < -0.4 is 5.32 Å². The molecule has 0 spiro atoms. The average Bonchev–Trinajstić information content (AvgIpc) is 3.29. The molecule has 0 saturated carbocycles. The quantitative estimate of drug-likeness (QED) is 0.496. The van der Waals surface area contributed by atoms with E-state index in [2.05, 4.69) is 5.32 Å². The van der Waals surface area contributed by atoms with Gasteiger partial charge >= 0.3 is 7.60 Å². The molecule has 0 bridgehead atoms. The molecule has 2 aromatic rings. The fraction of sp³-hybridized carbons (Fsp3) is 0.348. The van der Waals surface area contributed by atoms with E-state index < -0.39 is 25.3 Å². The summed E-state index contributed by atoms with van der Waals surface area (Å²) < 4.78 is 11.6. The van der Waals surface area contributed by atoms with Crippen molar-refractivity contribution in [3.05, 3.63) is 71.8 Å². The lowest BCUT2D eigenvalue weighted by atomic mass is 9.99. The van der Waals surface area contributed by atoms with Gasteiger partial charge in [0.1, 0.15) is 5.78 Å². The van der Waals surface area contributed by atoms with Crippen molar-refractivity contribution in [3.8, 4) is 0 Å². The number of nitrogens with one attached hydrogen (secondary N) is 1. The molecule has 1 heterocycles. The minimum absolute atomic E-state index is 0.129. The number of rotatable bonds is 9. The number of amides is 2. The molecule has 2 amide bonds. The summed E-state index contributed by atoms with van der Waals surface area (Å²) in [7, 11) is -4.43. The molecule has 2 aromatic carbocycles. The van der Waals surface area contributed by atoms with Crippen LogP contribution in [0.25, 0.3) is 0 Å². The van der Waals surface area contributed by atoms with E-state index in [0.717, 1.165) is 5.56 Å². The number of hydrogen-bond acceptors (Lipinski definition) is 4. The van der Waals surface area contributed by atoms with E-state index >= 15 is 0 Å². The Morgan fingerprint density at radius 1 is 1.00 bits per heavy atom. The Kier molecular flexibility index (Phi) is 7.96. The summed E-state index contributed by atoms with van der Waals surface area (Å²) in [5.41, 5.74) is 1.29. The number of carbonyl (C=O) groups is 3. The molecule has 3 rings (SSSR count). The van der Waals surface area contributed by atoms with Crippen LogP contribution in [0.5, 0.6) is 0 Å². The van der Waals surface area contributed by atoms with Crippen molar-refractivity contribution in [1.82, 2.24) is 10.2 Å². The summed E-state index contributed by atoms with van der Waals surface area (Å²) in [6, 6.07) is 17.0. The van der Waals surface area contributed by atoms with Gasteiger partial charge in [0, 0.05) is 24.9 Å². The number of ketones is 1. The van der Waals surface area contributed by atoms with Crippen LogP contribution in [0.3, 0.4) is 0 Å². The lowest BCUT2D eigenvalue weighted by Gasteiger charge is -2.25. The Morgan fingerprint density at radius 2 is 1.62 bits per heavy atom. The van der Waals surface area contributed by atoms with Crippen LogP contribution in [0, 0.1) is 0 Å². The van der Waals surface area contributed by atoms with Gasteiger partial charge in [0.05, 0.1) is 6.04 Å². The summed E-state index contributed by atoms with van der Waals surface area (Å²) in [5.74, 6) is -2.27.